The van der Waals surface area contributed by atoms with Crippen LogP contribution in [0.4, 0.5) is 0 Å². The van der Waals surface area contributed by atoms with Gasteiger partial charge in [-0.2, -0.15) is 61.9 Å². The Morgan fingerprint density at radius 2 is 1.55 bits per heavy atom. The van der Waals surface area contributed by atoms with E-state index in [0.717, 1.165) is 6.42 Å². The van der Waals surface area contributed by atoms with Crippen LogP contribution in [0.25, 0.3) is 11.1 Å². The molecule has 1 aliphatic carbocycles. The minimum atomic E-state index is 0. The zero-order valence-electron chi connectivity index (χ0n) is 13.2. The van der Waals surface area contributed by atoms with E-state index in [2.05, 4.69) is 42.5 Å². The van der Waals surface area contributed by atoms with Crippen molar-refractivity contribution in [3.8, 4) is 11.1 Å². The molecule has 109 valence electrons. The van der Waals surface area contributed by atoms with E-state index in [-0.39, 0.29) is 21.7 Å². The van der Waals surface area contributed by atoms with E-state index in [0.29, 0.717) is 0 Å². The summed E-state index contributed by atoms with van der Waals surface area (Å²) in [5.41, 5.74) is 5.51. The molecule has 0 atom stereocenters. The maximum Gasteiger partial charge on any atom is 3.00 e. The van der Waals surface area contributed by atoms with Crippen LogP contribution in [-0.2, 0) is 28.1 Å². The van der Waals surface area contributed by atoms with Gasteiger partial charge in [-0.15, -0.1) is 5.56 Å². The van der Waals surface area contributed by atoms with Crippen LogP contribution >= 0.6 is 0 Å². The number of fused-ring (bicyclic) bond motifs is 3. The Morgan fingerprint density at radius 1 is 0.909 bits per heavy atom. The summed E-state index contributed by atoms with van der Waals surface area (Å²) >= 11 is 0. The van der Waals surface area contributed by atoms with Gasteiger partial charge in [0.1, 0.15) is 0 Å². The Kier molecular flexibility index (Phi) is 8.66. The molecular formula is C21H21Ti. The first-order valence-electron chi connectivity index (χ1n) is 7.35. The van der Waals surface area contributed by atoms with Crippen molar-refractivity contribution in [3.05, 3.63) is 96.4 Å². The van der Waals surface area contributed by atoms with Crippen molar-refractivity contribution in [2.75, 3.05) is 0 Å². The molecule has 0 nitrogen and oxygen atoms in total. The van der Waals surface area contributed by atoms with Gasteiger partial charge < -0.3 is 6.42 Å². The molecule has 0 aliphatic heterocycles. The van der Waals surface area contributed by atoms with E-state index in [9.17, 15) is 0 Å². The molecule has 1 aliphatic rings. The fourth-order valence-electron chi connectivity index (χ4n) is 2.32. The largest absolute Gasteiger partial charge is 3.00 e. The molecule has 0 saturated heterocycles. The minimum absolute atomic E-state index is 0. The Bertz CT molecular complexity index is 578. The van der Waals surface area contributed by atoms with Crippen LogP contribution in [0.2, 0.25) is 0 Å². The Morgan fingerprint density at radius 3 is 2.18 bits per heavy atom. The van der Waals surface area contributed by atoms with Crippen LogP contribution in [0.15, 0.2) is 72.8 Å². The van der Waals surface area contributed by atoms with Gasteiger partial charge in [0.15, 0.2) is 0 Å². The van der Waals surface area contributed by atoms with Crippen molar-refractivity contribution in [2.24, 2.45) is 0 Å². The van der Waals surface area contributed by atoms with Crippen molar-refractivity contribution in [1.82, 2.24) is 0 Å². The molecule has 1 radical (unpaired) electrons. The van der Waals surface area contributed by atoms with Crippen LogP contribution in [-0.4, -0.2) is 0 Å². The fourth-order valence-corrected chi connectivity index (χ4v) is 2.32. The van der Waals surface area contributed by atoms with Crippen molar-refractivity contribution in [3.63, 3.8) is 0 Å². The molecule has 22 heavy (non-hydrogen) atoms. The summed E-state index contributed by atoms with van der Waals surface area (Å²) in [5.74, 6) is 0. The third-order valence-corrected chi connectivity index (χ3v) is 3.17. The first kappa shape index (κ1) is 18.6. The summed E-state index contributed by atoms with van der Waals surface area (Å²) in [6.45, 7) is 4.00. The molecular weight excluding hydrogens is 300 g/mol. The first-order chi connectivity index (χ1) is 10.4. The van der Waals surface area contributed by atoms with Crippen LogP contribution in [0.5, 0.6) is 0 Å². The Labute approximate surface area is 149 Å². The van der Waals surface area contributed by atoms with Gasteiger partial charge in [-0.1, -0.05) is 35.4 Å². The molecule has 0 fully saturated rings. The van der Waals surface area contributed by atoms with Gasteiger partial charge >= 0.3 is 21.7 Å². The van der Waals surface area contributed by atoms with E-state index in [1.165, 1.54) is 22.3 Å². The SMILES string of the molecule is C[CH-]C.[Ti+3].[c-]1cccc2c1Cc1ccccc1-2.c1cc[cH-]c1. The average molecular weight is 321 g/mol. The van der Waals surface area contributed by atoms with Crippen LogP contribution in [0.1, 0.15) is 25.0 Å². The molecule has 3 aromatic rings. The van der Waals surface area contributed by atoms with Gasteiger partial charge in [0.2, 0.25) is 0 Å². The van der Waals surface area contributed by atoms with E-state index < -0.39 is 0 Å². The van der Waals surface area contributed by atoms with Crippen LogP contribution in [0.3, 0.4) is 0 Å². The normalized spacial score (nSPS) is 9.91. The standard InChI is InChI=1S/C13H9.C5H5.C3H7.Ti/c1-3-7-12-10(5-1)9-11-6-2-4-8-13(11)12;1-2-4-5-3-1;1-3-2;/h1-5,7-8H,9H2;1-5H;3H,1-2H3;/q3*-1;+3. The molecule has 0 bridgehead atoms. The van der Waals surface area contributed by atoms with Crippen LogP contribution in [0, 0.1) is 12.5 Å². The summed E-state index contributed by atoms with van der Waals surface area (Å²) in [6, 6.07) is 28.1. The van der Waals surface area contributed by atoms with Crippen LogP contribution < -0.4 is 0 Å². The predicted molar refractivity (Wildman–Crippen MR) is 91.2 cm³/mol. The number of benzene rings is 2. The average Bonchev–Trinajstić information content (AvgIpc) is 3.19. The van der Waals surface area contributed by atoms with Crippen molar-refractivity contribution in [1.29, 1.82) is 0 Å². The summed E-state index contributed by atoms with van der Waals surface area (Å²) in [5, 5.41) is 0. The Balaban J connectivity index is 0.000000227. The van der Waals surface area contributed by atoms with Gasteiger partial charge in [0, 0.05) is 0 Å². The van der Waals surface area contributed by atoms with Crippen molar-refractivity contribution >= 4 is 0 Å². The van der Waals surface area contributed by atoms with Gasteiger partial charge in [0.25, 0.3) is 0 Å². The number of hydrogen-bond acceptors (Lipinski definition) is 0. The van der Waals surface area contributed by atoms with Crippen molar-refractivity contribution < 1.29 is 21.7 Å². The molecule has 0 saturated carbocycles. The van der Waals surface area contributed by atoms with Gasteiger partial charge in [0.05, 0.1) is 0 Å². The van der Waals surface area contributed by atoms with Crippen molar-refractivity contribution in [2.45, 2.75) is 20.3 Å². The zero-order chi connectivity index (χ0) is 14.9. The fraction of sp³-hybridized carbons (Fsp3) is 0.143. The second kappa shape index (κ2) is 10.3. The number of rotatable bonds is 0. The first-order valence-corrected chi connectivity index (χ1v) is 7.35. The Hall–Kier alpha value is -1.50. The maximum absolute atomic E-state index is 3.30. The molecule has 1 heteroatoms. The molecule has 0 amide bonds. The molecule has 0 spiro atoms. The quantitative estimate of drug-likeness (QED) is 0.288. The third-order valence-electron chi connectivity index (χ3n) is 3.17. The topological polar surface area (TPSA) is 0 Å². The predicted octanol–water partition coefficient (Wildman–Crippen LogP) is 5.69. The summed E-state index contributed by atoms with van der Waals surface area (Å²) in [7, 11) is 0. The molecule has 4 rings (SSSR count). The van der Waals surface area contributed by atoms with E-state index >= 15 is 0 Å². The third kappa shape index (κ3) is 5.05. The molecule has 3 aromatic carbocycles. The molecule has 0 N–H and O–H groups in total. The van der Waals surface area contributed by atoms with E-state index in [1.54, 1.807) is 0 Å². The summed E-state index contributed by atoms with van der Waals surface area (Å²) < 4.78 is 0. The summed E-state index contributed by atoms with van der Waals surface area (Å²) in [6.07, 6.45) is 3.05. The van der Waals surface area contributed by atoms with E-state index in [1.807, 2.05) is 56.7 Å². The van der Waals surface area contributed by atoms with E-state index in [4.69, 9.17) is 0 Å². The second-order valence-corrected chi connectivity index (χ2v) is 4.94. The molecule has 0 unspecified atom stereocenters. The molecule has 0 aromatic heterocycles. The zero-order valence-corrected chi connectivity index (χ0v) is 14.8. The van der Waals surface area contributed by atoms with Gasteiger partial charge in [-0.05, 0) is 6.42 Å². The summed E-state index contributed by atoms with van der Waals surface area (Å²) in [4.78, 5) is 0. The monoisotopic (exact) mass is 321 g/mol. The van der Waals surface area contributed by atoms with Gasteiger partial charge in [-0.25, -0.2) is 12.1 Å². The molecule has 0 heterocycles. The smallest absolute Gasteiger partial charge is 0.335 e. The van der Waals surface area contributed by atoms with Gasteiger partial charge in [-0.3, -0.25) is 0 Å². The number of hydrogen-bond donors (Lipinski definition) is 0. The second-order valence-electron chi connectivity index (χ2n) is 4.94. The minimum Gasteiger partial charge on any atom is -0.335 e. The maximum atomic E-state index is 3.30.